The van der Waals surface area contributed by atoms with Gasteiger partial charge in [0.1, 0.15) is 5.82 Å². The normalized spacial score (nSPS) is 10.7. The van der Waals surface area contributed by atoms with Crippen LogP contribution in [0.3, 0.4) is 0 Å². The van der Waals surface area contributed by atoms with Crippen molar-refractivity contribution in [2.24, 2.45) is 0 Å². The lowest BCUT2D eigenvalue weighted by Crippen LogP contribution is -2.10. The maximum Gasteiger partial charge on any atom is 0.338 e. The van der Waals surface area contributed by atoms with Crippen molar-refractivity contribution in [2.75, 3.05) is 7.11 Å². The number of hydrogen-bond acceptors (Lipinski definition) is 6. The Labute approximate surface area is 169 Å². The van der Waals surface area contributed by atoms with Gasteiger partial charge in [-0.3, -0.25) is 14.9 Å². The number of nitro benzene ring substituents is 1. The highest BCUT2D eigenvalue weighted by Crippen LogP contribution is 2.26. The van der Waals surface area contributed by atoms with E-state index in [-0.39, 0.29) is 28.2 Å². The summed E-state index contributed by atoms with van der Waals surface area (Å²) in [7, 11) is 1.18. The number of ether oxygens (including phenoxy) is 1. The van der Waals surface area contributed by atoms with E-state index in [1.165, 1.54) is 19.2 Å². The lowest BCUT2D eigenvalue weighted by Gasteiger charge is -2.07. The van der Waals surface area contributed by atoms with Crippen LogP contribution in [0.5, 0.6) is 0 Å². The summed E-state index contributed by atoms with van der Waals surface area (Å²) in [5.41, 5.74) is 1.78. The molecule has 0 radical (unpaired) electrons. The lowest BCUT2D eigenvalue weighted by atomic mass is 10.0. The molecule has 0 saturated carbocycles. The molecule has 0 amide bonds. The van der Waals surface area contributed by atoms with Crippen LogP contribution in [-0.4, -0.2) is 28.0 Å². The minimum Gasteiger partial charge on any atom is -0.465 e. The first kappa shape index (κ1) is 19.0. The summed E-state index contributed by atoms with van der Waals surface area (Å²) in [4.78, 5) is 42.3. The van der Waals surface area contributed by atoms with Crippen molar-refractivity contribution in [3.8, 4) is 22.5 Å². The summed E-state index contributed by atoms with van der Waals surface area (Å²) in [6, 6.07) is 18.7. The molecule has 3 aromatic carbocycles. The van der Waals surface area contributed by atoms with Crippen LogP contribution in [-0.2, 0) is 4.74 Å². The van der Waals surface area contributed by atoms with E-state index in [2.05, 4.69) is 14.7 Å². The standard InChI is InChI=1S/C22H15N3O5/c1-30-22(27)16-9-15(10-17(11-16)25(28)29)20-23-19-8-7-14(12-18(19)21(26)24-20)13-5-3-2-4-6-13/h2-12H,1H3,(H,23,24,26). The number of fused-ring (bicyclic) bond motifs is 1. The second-order valence-corrected chi connectivity index (χ2v) is 6.53. The lowest BCUT2D eigenvalue weighted by molar-refractivity contribution is -0.384. The topological polar surface area (TPSA) is 115 Å². The molecule has 1 N–H and O–H groups in total. The molecule has 0 unspecified atom stereocenters. The number of carbonyl (C=O) groups is 1. The summed E-state index contributed by atoms with van der Waals surface area (Å²) >= 11 is 0. The molecule has 0 fully saturated rings. The SMILES string of the molecule is COC(=O)c1cc(-c2nc3ccc(-c4ccccc4)cc3c(=O)[nH]2)cc([N+](=O)[O-])c1. The third kappa shape index (κ3) is 3.53. The second kappa shape index (κ2) is 7.59. The highest BCUT2D eigenvalue weighted by molar-refractivity contribution is 5.92. The van der Waals surface area contributed by atoms with Crippen molar-refractivity contribution in [3.05, 3.63) is 92.8 Å². The first-order valence-corrected chi connectivity index (χ1v) is 8.94. The Balaban J connectivity index is 1.86. The molecule has 8 heteroatoms. The van der Waals surface area contributed by atoms with E-state index in [1.54, 1.807) is 12.1 Å². The van der Waals surface area contributed by atoms with Crippen molar-refractivity contribution >= 4 is 22.6 Å². The molecule has 0 aliphatic rings. The van der Waals surface area contributed by atoms with Crippen LogP contribution < -0.4 is 5.56 Å². The molecule has 148 valence electrons. The number of methoxy groups -OCH3 is 1. The van der Waals surface area contributed by atoms with E-state index in [1.807, 2.05) is 36.4 Å². The van der Waals surface area contributed by atoms with Gasteiger partial charge in [0.05, 0.1) is 28.5 Å². The minimum atomic E-state index is -0.726. The predicted molar refractivity (Wildman–Crippen MR) is 111 cm³/mol. The van der Waals surface area contributed by atoms with Crippen molar-refractivity contribution in [1.29, 1.82) is 0 Å². The Bertz CT molecular complexity index is 1350. The third-order valence-electron chi connectivity index (χ3n) is 4.64. The summed E-state index contributed by atoms with van der Waals surface area (Å²) in [6.07, 6.45) is 0. The highest BCUT2D eigenvalue weighted by Gasteiger charge is 2.17. The smallest absolute Gasteiger partial charge is 0.338 e. The molecular weight excluding hydrogens is 386 g/mol. The van der Waals surface area contributed by atoms with Crippen LogP contribution in [0.25, 0.3) is 33.4 Å². The number of non-ortho nitro benzene ring substituents is 1. The summed E-state index contributed by atoms with van der Waals surface area (Å²) < 4.78 is 4.66. The van der Waals surface area contributed by atoms with Gasteiger partial charge < -0.3 is 9.72 Å². The molecule has 0 aliphatic heterocycles. The maximum absolute atomic E-state index is 12.7. The Morgan fingerprint density at radius 1 is 1.00 bits per heavy atom. The van der Waals surface area contributed by atoms with Gasteiger partial charge in [0.25, 0.3) is 11.2 Å². The fourth-order valence-electron chi connectivity index (χ4n) is 3.17. The molecule has 0 aliphatic carbocycles. The summed E-state index contributed by atoms with van der Waals surface area (Å²) in [5.74, 6) is -0.607. The van der Waals surface area contributed by atoms with Crippen molar-refractivity contribution in [1.82, 2.24) is 9.97 Å². The Morgan fingerprint density at radius 3 is 2.47 bits per heavy atom. The number of nitrogens with zero attached hydrogens (tertiary/aromatic N) is 2. The van der Waals surface area contributed by atoms with Gasteiger partial charge in [-0.05, 0) is 29.3 Å². The first-order chi connectivity index (χ1) is 14.5. The average Bonchev–Trinajstić information content (AvgIpc) is 2.78. The first-order valence-electron chi connectivity index (χ1n) is 8.94. The van der Waals surface area contributed by atoms with Gasteiger partial charge in [0.2, 0.25) is 0 Å². The molecule has 0 bridgehead atoms. The van der Waals surface area contributed by atoms with Gasteiger partial charge in [-0.15, -0.1) is 0 Å². The number of benzene rings is 3. The van der Waals surface area contributed by atoms with Crippen molar-refractivity contribution in [2.45, 2.75) is 0 Å². The molecule has 0 spiro atoms. The second-order valence-electron chi connectivity index (χ2n) is 6.53. The summed E-state index contributed by atoms with van der Waals surface area (Å²) in [5, 5.41) is 11.6. The molecule has 4 rings (SSSR count). The third-order valence-corrected chi connectivity index (χ3v) is 4.64. The fourth-order valence-corrected chi connectivity index (χ4v) is 3.17. The van der Waals surface area contributed by atoms with E-state index in [0.29, 0.717) is 10.9 Å². The molecule has 1 heterocycles. The predicted octanol–water partition coefficient (Wildman–Crippen LogP) is 3.95. The number of esters is 1. The van der Waals surface area contributed by atoms with Gasteiger partial charge in [-0.1, -0.05) is 36.4 Å². The van der Waals surface area contributed by atoms with Crippen LogP contribution in [0.2, 0.25) is 0 Å². The van der Waals surface area contributed by atoms with Crippen LogP contribution >= 0.6 is 0 Å². The summed E-state index contributed by atoms with van der Waals surface area (Å²) in [6.45, 7) is 0. The molecule has 1 aromatic heterocycles. The zero-order valence-electron chi connectivity index (χ0n) is 15.8. The number of aromatic nitrogens is 2. The number of nitro groups is 1. The van der Waals surface area contributed by atoms with Crippen molar-refractivity contribution < 1.29 is 14.5 Å². The van der Waals surface area contributed by atoms with Gasteiger partial charge >= 0.3 is 5.97 Å². The number of H-pyrrole nitrogens is 1. The molecule has 0 saturated heterocycles. The van der Waals surface area contributed by atoms with E-state index in [0.717, 1.165) is 17.2 Å². The molecule has 4 aromatic rings. The quantitative estimate of drug-likeness (QED) is 0.314. The number of hydrogen-bond donors (Lipinski definition) is 1. The van der Waals surface area contributed by atoms with Gasteiger partial charge in [0, 0.05) is 17.7 Å². The van der Waals surface area contributed by atoms with Crippen LogP contribution in [0.15, 0.2) is 71.5 Å². The fraction of sp³-hybridized carbons (Fsp3) is 0.0455. The van der Waals surface area contributed by atoms with Gasteiger partial charge in [-0.25, -0.2) is 9.78 Å². The van der Waals surface area contributed by atoms with E-state index in [9.17, 15) is 19.7 Å². The number of aromatic amines is 1. The molecular formula is C22H15N3O5. The number of carbonyl (C=O) groups excluding carboxylic acids is 1. The van der Waals surface area contributed by atoms with E-state index >= 15 is 0 Å². The maximum atomic E-state index is 12.7. The molecule has 0 atom stereocenters. The largest absolute Gasteiger partial charge is 0.465 e. The zero-order chi connectivity index (χ0) is 21.3. The van der Waals surface area contributed by atoms with Crippen LogP contribution in [0, 0.1) is 10.1 Å². The van der Waals surface area contributed by atoms with E-state index in [4.69, 9.17) is 0 Å². The van der Waals surface area contributed by atoms with E-state index < -0.39 is 10.9 Å². The minimum absolute atomic E-state index is 0.0103. The highest BCUT2D eigenvalue weighted by atomic mass is 16.6. The Morgan fingerprint density at radius 2 is 1.77 bits per heavy atom. The Hall–Kier alpha value is -4.33. The van der Waals surface area contributed by atoms with Crippen molar-refractivity contribution in [3.63, 3.8) is 0 Å². The number of rotatable bonds is 4. The monoisotopic (exact) mass is 401 g/mol. The average molecular weight is 401 g/mol. The van der Waals surface area contributed by atoms with Gasteiger partial charge in [-0.2, -0.15) is 0 Å². The van der Waals surface area contributed by atoms with Crippen LogP contribution in [0.1, 0.15) is 10.4 Å². The molecule has 8 nitrogen and oxygen atoms in total. The molecule has 30 heavy (non-hydrogen) atoms. The zero-order valence-corrected chi connectivity index (χ0v) is 15.8. The van der Waals surface area contributed by atoms with Gasteiger partial charge in [0.15, 0.2) is 0 Å². The Kier molecular flexibility index (Phi) is 4.81. The number of nitrogens with one attached hydrogen (secondary N) is 1. The van der Waals surface area contributed by atoms with Crippen LogP contribution in [0.4, 0.5) is 5.69 Å².